The SMILES string of the molecule is Clc1cccc2[nH]c3c(N4CCN(c5ccccc5)CC4)ncnc3c12. The molecule has 0 radical (unpaired) electrons. The Balaban J connectivity index is 1.49. The number of hydrogen-bond acceptors (Lipinski definition) is 4. The highest BCUT2D eigenvalue weighted by molar-refractivity contribution is 6.37. The summed E-state index contributed by atoms with van der Waals surface area (Å²) in [7, 11) is 0. The molecule has 0 saturated carbocycles. The van der Waals surface area contributed by atoms with Crippen molar-refractivity contribution < 1.29 is 0 Å². The lowest BCUT2D eigenvalue weighted by Gasteiger charge is -2.36. The molecule has 2 aromatic heterocycles. The lowest BCUT2D eigenvalue weighted by molar-refractivity contribution is 0.648. The van der Waals surface area contributed by atoms with Crippen LogP contribution in [0.5, 0.6) is 0 Å². The number of nitrogens with zero attached hydrogens (tertiary/aromatic N) is 4. The van der Waals surface area contributed by atoms with Crippen molar-refractivity contribution >= 4 is 45.0 Å². The molecule has 4 aromatic rings. The minimum absolute atomic E-state index is 0.715. The molecule has 1 fully saturated rings. The van der Waals surface area contributed by atoms with Gasteiger partial charge >= 0.3 is 0 Å². The molecule has 0 unspecified atom stereocenters. The first kappa shape index (κ1) is 15.5. The number of nitrogens with one attached hydrogen (secondary N) is 1. The van der Waals surface area contributed by atoms with Crippen molar-refractivity contribution in [2.75, 3.05) is 36.0 Å². The van der Waals surface area contributed by atoms with Crippen LogP contribution in [0, 0.1) is 0 Å². The molecule has 5 nitrogen and oxygen atoms in total. The topological polar surface area (TPSA) is 48.1 Å². The Kier molecular flexibility index (Phi) is 3.68. The van der Waals surface area contributed by atoms with Crippen LogP contribution in [0.4, 0.5) is 11.5 Å². The van der Waals surface area contributed by atoms with E-state index in [4.69, 9.17) is 11.6 Å². The van der Waals surface area contributed by atoms with Gasteiger partial charge < -0.3 is 14.8 Å². The lowest BCUT2D eigenvalue weighted by Crippen LogP contribution is -2.46. The molecular formula is C20H18ClN5. The highest BCUT2D eigenvalue weighted by atomic mass is 35.5. The highest BCUT2D eigenvalue weighted by Gasteiger charge is 2.22. The van der Waals surface area contributed by atoms with Crippen LogP contribution in [0.2, 0.25) is 5.02 Å². The first-order valence-corrected chi connectivity index (χ1v) is 9.15. The Morgan fingerprint density at radius 1 is 0.846 bits per heavy atom. The van der Waals surface area contributed by atoms with Crippen LogP contribution < -0.4 is 9.80 Å². The van der Waals surface area contributed by atoms with Gasteiger partial charge in [0.15, 0.2) is 5.82 Å². The normalized spacial score (nSPS) is 15.1. The zero-order valence-electron chi connectivity index (χ0n) is 14.2. The Morgan fingerprint density at radius 2 is 1.62 bits per heavy atom. The van der Waals surface area contributed by atoms with Gasteiger partial charge in [0, 0.05) is 42.8 Å². The number of aromatic amines is 1. The number of rotatable bonds is 2. The summed E-state index contributed by atoms with van der Waals surface area (Å²) in [5, 5.41) is 1.68. The summed E-state index contributed by atoms with van der Waals surface area (Å²) in [6.07, 6.45) is 1.64. The fraction of sp³-hybridized carbons (Fsp3) is 0.200. The van der Waals surface area contributed by atoms with E-state index < -0.39 is 0 Å². The predicted molar refractivity (Wildman–Crippen MR) is 107 cm³/mol. The lowest BCUT2D eigenvalue weighted by atomic mass is 10.2. The zero-order chi connectivity index (χ0) is 17.5. The molecule has 0 spiro atoms. The summed E-state index contributed by atoms with van der Waals surface area (Å²) in [5.41, 5.74) is 4.12. The number of hydrogen-bond donors (Lipinski definition) is 1. The van der Waals surface area contributed by atoms with Gasteiger partial charge in [0.05, 0.1) is 5.02 Å². The largest absolute Gasteiger partial charge is 0.368 e. The zero-order valence-corrected chi connectivity index (χ0v) is 14.9. The van der Waals surface area contributed by atoms with Gasteiger partial charge in [-0.1, -0.05) is 35.9 Å². The van der Waals surface area contributed by atoms with Crippen LogP contribution in [0.25, 0.3) is 21.9 Å². The minimum atomic E-state index is 0.715. The van der Waals surface area contributed by atoms with Gasteiger partial charge in [-0.2, -0.15) is 0 Å². The second-order valence-electron chi connectivity index (χ2n) is 6.52. The van der Waals surface area contributed by atoms with Crippen molar-refractivity contribution in [3.63, 3.8) is 0 Å². The first-order chi connectivity index (χ1) is 12.8. The molecule has 2 aromatic carbocycles. The summed E-state index contributed by atoms with van der Waals surface area (Å²) in [6.45, 7) is 3.78. The quantitative estimate of drug-likeness (QED) is 0.582. The van der Waals surface area contributed by atoms with Crippen LogP contribution in [0.15, 0.2) is 54.9 Å². The number of piperazine rings is 1. The number of fused-ring (bicyclic) bond motifs is 3. The molecule has 0 aliphatic carbocycles. The van der Waals surface area contributed by atoms with E-state index in [1.165, 1.54) is 5.69 Å². The molecule has 1 aliphatic rings. The Labute approximate surface area is 156 Å². The predicted octanol–water partition coefficient (Wildman–Crippen LogP) is 4.09. The average Bonchev–Trinajstić information content (AvgIpc) is 3.09. The van der Waals surface area contributed by atoms with Crippen molar-refractivity contribution in [1.29, 1.82) is 0 Å². The fourth-order valence-corrected chi connectivity index (χ4v) is 4.00. The first-order valence-electron chi connectivity index (χ1n) is 8.77. The van der Waals surface area contributed by atoms with Crippen LogP contribution in [-0.4, -0.2) is 41.1 Å². The van der Waals surface area contributed by atoms with Gasteiger partial charge in [-0.3, -0.25) is 0 Å². The molecule has 0 amide bonds. The maximum atomic E-state index is 6.40. The van der Waals surface area contributed by atoms with Crippen molar-refractivity contribution in [2.45, 2.75) is 0 Å². The molecule has 0 atom stereocenters. The van der Waals surface area contributed by atoms with E-state index in [9.17, 15) is 0 Å². The summed E-state index contributed by atoms with van der Waals surface area (Å²) >= 11 is 6.40. The van der Waals surface area contributed by atoms with E-state index in [1.807, 2.05) is 18.2 Å². The Morgan fingerprint density at radius 3 is 2.42 bits per heavy atom. The summed E-state index contributed by atoms with van der Waals surface area (Å²) in [6, 6.07) is 16.4. The van der Waals surface area contributed by atoms with E-state index in [0.29, 0.717) is 5.02 Å². The van der Waals surface area contributed by atoms with E-state index in [-0.39, 0.29) is 0 Å². The van der Waals surface area contributed by atoms with Crippen LogP contribution >= 0.6 is 11.6 Å². The highest BCUT2D eigenvalue weighted by Crippen LogP contribution is 2.33. The number of anilines is 2. The summed E-state index contributed by atoms with van der Waals surface area (Å²) in [5.74, 6) is 0.954. The molecule has 3 heterocycles. The number of aromatic nitrogens is 3. The second-order valence-corrected chi connectivity index (χ2v) is 6.93. The molecule has 0 bridgehead atoms. The third-order valence-electron chi connectivity index (χ3n) is 5.04. The number of benzene rings is 2. The maximum Gasteiger partial charge on any atom is 0.156 e. The van der Waals surface area contributed by atoms with Gasteiger partial charge in [0.1, 0.15) is 17.4 Å². The van der Waals surface area contributed by atoms with Gasteiger partial charge in [-0.05, 0) is 24.3 Å². The van der Waals surface area contributed by atoms with Crippen molar-refractivity contribution in [3.8, 4) is 0 Å². The Hall–Kier alpha value is -2.79. The number of para-hydroxylation sites is 1. The van der Waals surface area contributed by atoms with Gasteiger partial charge in [-0.25, -0.2) is 9.97 Å². The van der Waals surface area contributed by atoms with E-state index >= 15 is 0 Å². The van der Waals surface area contributed by atoms with Crippen LogP contribution in [0.1, 0.15) is 0 Å². The summed E-state index contributed by atoms with van der Waals surface area (Å²) in [4.78, 5) is 17.3. The molecule has 130 valence electrons. The smallest absolute Gasteiger partial charge is 0.156 e. The molecular weight excluding hydrogens is 346 g/mol. The molecule has 1 saturated heterocycles. The average molecular weight is 364 g/mol. The maximum absolute atomic E-state index is 6.40. The monoisotopic (exact) mass is 363 g/mol. The van der Waals surface area contributed by atoms with Gasteiger partial charge in [0.2, 0.25) is 0 Å². The number of halogens is 1. The fourth-order valence-electron chi connectivity index (χ4n) is 3.74. The molecule has 5 rings (SSSR count). The van der Waals surface area contributed by atoms with Crippen molar-refractivity contribution in [3.05, 3.63) is 59.9 Å². The third-order valence-corrected chi connectivity index (χ3v) is 5.35. The molecule has 1 N–H and O–H groups in total. The molecule has 1 aliphatic heterocycles. The Bertz CT molecular complexity index is 1070. The van der Waals surface area contributed by atoms with Crippen molar-refractivity contribution in [1.82, 2.24) is 15.0 Å². The molecule has 6 heteroatoms. The van der Waals surface area contributed by atoms with Crippen LogP contribution in [-0.2, 0) is 0 Å². The minimum Gasteiger partial charge on any atom is -0.368 e. The van der Waals surface area contributed by atoms with E-state index in [0.717, 1.165) is 53.9 Å². The second kappa shape index (κ2) is 6.18. The van der Waals surface area contributed by atoms with E-state index in [2.05, 4.69) is 55.1 Å². The van der Waals surface area contributed by atoms with Crippen LogP contribution in [0.3, 0.4) is 0 Å². The number of H-pyrrole nitrogens is 1. The standard InChI is InChI=1S/C20H18ClN5/c21-15-7-4-8-16-17(15)18-19(24-16)20(23-13-22-18)26-11-9-25(10-12-26)14-5-2-1-3-6-14/h1-8,13,24H,9-12H2. The summed E-state index contributed by atoms with van der Waals surface area (Å²) < 4.78 is 0. The van der Waals surface area contributed by atoms with Gasteiger partial charge in [-0.15, -0.1) is 0 Å². The molecule has 26 heavy (non-hydrogen) atoms. The van der Waals surface area contributed by atoms with Gasteiger partial charge in [0.25, 0.3) is 0 Å². The van der Waals surface area contributed by atoms with E-state index in [1.54, 1.807) is 6.33 Å². The third kappa shape index (κ3) is 2.47. The van der Waals surface area contributed by atoms with Crippen molar-refractivity contribution in [2.24, 2.45) is 0 Å².